The van der Waals surface area contributed by atoms with Gasteiger partial charge in [-0.1, -0.05) is 29.8 Å². The molecule has 2 aromatic rings. The van der Waals surface area contributed by atoms with Gasteiger partial charge in [0.05, 0.1) is 5.75 Å². The van der Waals surface area contributed by atoms with E-state index in [2.05, 4.69) is 5.32 Å². The molecule has 0 unspecified atom stereocenters. The van der Waals surface area contributed by atoms with Crippen molar-refractivity contribution in [2.75, 3.05) is 5.75 Å². The number of amides is 2. The van der Waals surface area contributed by atoms with Gasteiger partial charge in [-0.15, -0.1) is 11.8 Å². The number of aryl methyl sites for hydroxylation is 1. The fraction of sp³-hybridized carbons (Fsp3) is 0.364. The van der Waals surface area contributed by atoms with Crippen LogP contribution in [0.15, 0.2) is 53.4 Å². The molecule has 0 aromatic heterocycles. The van der Waals surface area contributed by atoms with E-state index >= 15 is 0 Å². The smallest absolute Gasteiger partial charge is 0.242 e. The van der Waals surface area contributed by atoms with E-state index in [-0.39, 0.29) is 36.0 Å². The minimum atomic E-state index is -0.626. The average Bonchev–Trinajstić information content (AvgIpc) is 2.65. The van der Waals surface area contributed by atoms with Crippen LogP contribution in [0.5, 0.6) is 0 Å². The van der Waals surface area contributed by atoms with Crippen molar-refractivity contribution in [2.24, 2.45) is 0 Å². The second-order valence-electron chi connectivity index (χ2n) is 7.09. The van der Waals surface area contributed by atoms with Crippen LogP contribution in [0.25, 0.3) is 0 Å². The van der Waals surface area contributed by atoms with E-state index in [9.17, 15) is 14.0 Å². The number of carbonyl (C=O) groups is 2. The lowest BCUT2D eigenvalue weighted by Crippen LogP contribution is -2.49. The summed E-state index contributed by atoms with van der Waals surface area (Å²) < 4.78 is 13.2. The molecule has 2 rings (SSSR count). The standard InChI is InChI=1S/C22H27FN2O2S/c1-15(2)24-22(27)17(4)25(13-18-7-9-19(23)10-8-18)21(26)14-28-20-11-5-16(3)6-12-20/h5-12,15,17H,13-14H2,1-4H3,(H,24,27)/t17-/m0/s1. The summed E-state index contributed by atoms with van der Waals surface area (Å²) in [5.74, 6) is -0.446. The predicted octanol–water partition coefficient (Wildman–Crippen LogP) is 4.17. The molecular formula is C22H27FN2O2S. The normalized spacial score (nSPS) is 11.9. The highest BCUT2D eigenvalue weighted by Gasteiger charge is 2.26. The summed E-state index contributed by atoms with van der Waals surface area (Å²) in [5, 5.41) is 2.85. The monoisotopic (exact) mass is 402 g/mol. The van der Waals surface area contributed by atoms with Crippen LogP contribution >= 0.6 is 11.8 Å². The first-order valence-corrected chi connectivity index (χ1v) is 10.3. The molecule has 2 amide bonds. The molecular weight excluding hydrogens is 375 g/mol. The summed E-state index contributed by atoms with van der Waals surface area (Å²) in [7, 11) is 0. The molecule has 4 nitrogen and oxygen atoms in total. The quantitative estimate of drug-likeness (QED) is 0.675. The molecule has 0 heterocycles. The Morgan fingerprint density at radius 3 is 2.21 bits per heavy atom. The number of carbonyl (C=O) groups excluding carboxylic acids is 2. The lowest BCUT2D eigenvalue weighted by atomic mass is 10.1. The van der Waals surface area contributed by atoms with Crippen LogP contribution in [0.1, 0.15) is 31.9 Å². The highest BCUT2D eigenvalue weighted by molar-refractivity contribution is 8.00. The Labute approximate surface area is 170 Å². The molecule has 0 fully saturated rings. The molecule has 6 heteroatoms. The van der Waals surface area contributed by atoms with Crippen molar-refractivity contribution in [3.8, 4) is 0 Å². The van der Waals surface area contributed by atoms with Gasteiger partial charge in [-0.25, -0.2) is 4.39 Å². The second-order valence-corrected chi connectivity index (χ2v) is 8.14. The molecule has 0 spiro atoms. The van der Waals surface area contributed by atoms with Crippen molar-refractivity contribution in [3.05, 3.63) is 65.5 Å². The minimum absolute atomic E-state index is 0.0142. The zero-order valence-electron chi connectivity index (χ0n) is 16.7. The van der Waals surface area contributed by atoms with E-state index < -0.39 is 6.04 Å². The lowest BCUT2D eigenvalue weighted by Gasteiger charge is -2.29. The Morgan fingerprint density at radius 2 is 1.64 bits per heavy atom. The first-order valence-electron chi connectivity index (χ1n) is 9.30. The summed E-state index contributed by atoms with van der Waals surface area (Å²) in [4.78, 5) is 28.0. The average molecular weight is 403 g/mol. The van der Waals surface area contributed by atoms with Gasteiger partial charge in [-0.05, 0) is 57.5 Å². The molecule has 150 valence electrons. The van der Waals surface area contributed by atoms with E-state index in [0.29, 0.717) is 0 Å². The summed E-state index contributed by atoms with van der Waals surface area (Å²) in [6.45, 7) is 7.74. The summed E-state index contributed by atoms with van der Waals surface area (Å²) in [5.41, 5.74) is 1.94. The highest BCUT2D eigenvalue weighted by atomic mass is 32.2. The topological polar surface area (TPSA) is 49.4 Å². The van der Waals surface area contributed by atoms with E-state index in [1.807, 2.05) is 45.0 Å². The molecule has 28 heavy (non-hydrogen) atoms. The van der Waals surface area contributed by atoms with Crippen LogP contribution in [-0.4, -0.2) is 34.6 Å². The van der Waals surface area contributed by atoms with Crippen LogP contribution in [0.2, 0.25) is 0 Å². The summed E-state index contributed by atoms with van der Waals surface area (Å²) in [6, 6.07) is 13.3. The predicted molar refractivity (Wildman–Crippen MR) is 112 cm³/mol. The molecule has 1 atom stereocenters. The van der Waals surface area contributed by atoms with Gasteiger partial charge < -0.3 is 10.2 Å². The van der Waals surface area contributed by atoms with Crippen LogP contribution < -0.4 is 5.32 Å². The second kappa shape index (κ2) is 10.3. The van der Waals surface area contributed by atoms with Crippen LogP contribution in [0, 0.1) is 12.7 Å². The summed E-state index contributed by atoms with van der Waals surface area (Å²) in [6.07, 6.45) is 0. The summed E-state index contributed by atoms with van der Waals surface area (Å²) >= 11 is 1.44. The van der Waals surface area contributed by atoms with Crippen LogP contribution in [0.3, 0.4) is 0 Å². The number of thioether (sulfide) groups is 1. The maximum atomic E-state index is 13.2. The van der Waals surface area contributed by atoms with Crippen molar-refractivity contribution in [1.82, 2.24) is 10.2 Å². The third kappa shape index (κ3) is 6.68. The van der Waals surface area contributed by atoms with Gasteiger partial charge in [0.25, 0.3) is 0 Å². The van der Waals surface area contributed by atoms with Crippen molar-refractivity contribution in [3.63, 3.8) is 0 Å². The Balaban J connectivity index is 2.12. The zero-order valence-corrected chi connectivity index (χ0v) is 17.6. The van der Waals surface area contributed by atoms with Gasteiger partial charge in [0.2, 0.25) is 11.8 Å². The Morgan fingerprint density at radius 1 is 1.04 bits per heavy atom. The van der Waals surface area contributed by atoms with Crippen LogP contribution in [0.4, 0.5) is 4.39 Å². The lowest BCUT2D eigenvalue weighted by molar-refractivity contribution is -0.138. The zero-order chi connectivity index (χ0) is 20.7. The number of hydrogen-bond donors (Lipinski definition) is 1. The SMILES string of the molecule is Cc1ccc(SCC(=O)N(Cc2ccc(F)cc2)[C@@H](C)C(=O)NC(C)C)cc1. The number of hydrogen-bond acceptors (Lipinski definition) is 3. The largest absolute Gasteiger partial charge is 0.352 e. The number of rotatable bonds is 8. The molecule has 0 aliphatic heterocycles. The van der Waals surface area contributed by atoms with E-state index in [4.69, 9.17) is 0 Å². The Hall–Kier alpha value is -2.34. The first-order chi connectivity index (χ1) is 13.3. The van der Waals surface area contributed by atoms with Crippen molar-refractivity contribution < 1.29 is 14.0 Å². The maximum Gasteiger partial charge on any atom is 0.242 e. The number of nitrogens with zero attached hydrogens (tertiary/aromatic N) is 1. The number of nitrogens with one attached hydrogen (secondary N) is 1. The Bertz CT molecular complexity index is 791. The van der Waals surface area contributed by atoms with Crippen LogP contribution in [-0.2, 0) is 16.1 Å². The fourth-order valence-corrected chi connectivity index (χ4v) is 3.42. The van der Waals surface area contributed by atoms with Gasteiger partial charge in [-0.3, -0.25) is 9.59 Å². The third-order valence-corrected chi connectivity index (χ3v) is 5.24. The van der Waals surface area contributed by atoms with Gasteiger partial charge >= 0.3 is 0 Å². The maximum absolute atomic E-state index is 13.2. The highest BCUT2D eigenvalue weighted by Crippen LogP contribution is 2.20. The van der Waals surface area contributed by atoms with Crippen molar-refractivity contribution in [2.45, 2.75) is 51.2 Å². The van der Waals surface area contributed by atoms with Gasteiger partial charge in [0.1, 0.15) is 11.9 Å². The fourth-order valence-electron chi connectivity index (χ4n) is 2.64. The van der Waals surface area contributed by atoms with Gasteiger partial charge in [0, 0.05) is 17.5 Å². The minimum Gasteiger partial charge on any atom is -0.352 e. The molecule has 0 saturated heterocycles. The van der Waals surface area contributed by atoms with E-state index in [1.54, 1.807) is 24.0 Å². The van der Waals surface area contributed by atoms with E-state index in [0.717, 1.165) is 16.0 Å². The van der Waals surface area contributed by atoms with Crippen molar-refractivity contribution in [1.29, 1.82) is 0 Å². The molecule has 0 aliphatic rings. The molecule has 0 bridgehead atoms. The third-order valence-electron chi connectivity index (χ3n) is 4.25. The Kier molecular flexibility index (Phi) is 8.05. The number of benzene rings is 2. The molecule has 2 aromatic carbocycles. The van der Waals surface area contributed by atoms with E-state index in [1.165, 1.54) is 23.9 Å². The molecule has 0 aliphatic carbocycles. The molecule has 1 N–H and O–H groups in total. The molecule has 0 saturated carbocycles. The van der Waals surface area contributed by atoms with Gasteiger partial charge in [-0.2, -0.15) is 0 Å². The van der Waals surface area contributed by atoms with Gasteiger partial charge in [0.15, 0.2) is 0 Å². The molecule has 0 radical (unpaired) electrons. The van der Waals surface area contributed by atoms with Crippen molar-refractivity contribution >= 4 is 23.6 Å². The first kappa shape index (κ1) is 22.0. The number of halogens is 1.